The third-order valence-electron chi connectivity index (χ3n) is 6.25. The van der Waals surface area contributed by atoms with Gasteiger partial charge in [-0.15, -0.1) is 0 Å². The Morgan fingerprint density at radius 2 is 1.48 bits per heavy atom. The second kappa shape index (κ2) is 6.16. The molecule has 0 saturated heterocycles. The number of aryl methyl sites for hydroxylation is 2. The maximum Gasteiger partial charge on any atom is -0.0100 e. The van der Waals surface area contributed by atoms with Crippen molar-refractivity contribution in [2.75, 3.05) is 0 Å². The van der Waals surface area contributed by atoms with Gasteiger partial charge in [0, 0.05) is 0 Å². The Kier molecular flexibility index (Phi) is 4.43. The fourth-order valence-electron chi connectivity index (χ4n) is 4.32. The molecule has 0 heterocycles. The summed E-state index contributed by atoms with van der Waals surface area (Å²) in [5.41, 5.74) is 10.0. The minimum absolute atomic E-state index is 0.234. The molecule has 1 aliphatic carbocycles. The summed E-state index contributed by atoms with van der Waals surface area (Å²) in [6.07, 6.45) is 3.54. The molecule has 0 spiro atoms. The monoisotopic (exact) mass is 332 g/mol. The van der Waals surface area contributed by atoms with Gasteiger partial charge in [-0.3, -0.25) is 0 Å². The Hall–Kier alpha value is -1.82. The summed E-state index contributed by atoms with van der Waals surface area (Å²) in [5, 5.41) is 0. The summed E-state index contributed by atoms with van der Waals surface area (Å²) in [6, 6.07) is 13.6. The molecule has 0 radical (unpaired) electrons. The highest BCUT2D eigenvalue weighted by Crippen LogP contribution is 2.47. The molecule has 3 rings (SSSR count). The van der Waals surface area contributed by atoms with Crippen LogP contribution in [0.25, 0.3) is 5.57 Å². The SMILES string of the molecule is C=C(c1cc2c(cc1C)C(C)(C)CCC2(C)C)c1ccccc1CC. The van der Waals surface area contributed by atoms with Gasteiger partial charge in [-0.2, -0.15) is 0 Å². The topological polar surface area (TPSA) is 0 Å². The van der Waals surface area contributed by atoms with Gasteiger partial charge >= 0.3 is 0 Å². The zero-order chi connectivity index (χ0) is 18.4. The second-order valence-corrected chi connectivity index (χ2v) is 8.97. The molecule has 1 aliphatic rings. The van der Waals surface area contributed by atoms with E-state index in [2.05, 4.69) is 84.5 Å². The van der Waals surface area contributed by atoms with E-state index in [0.29, 0.717) is 0 Å². The van der Waals surface area contributed by atoms with Crippen LogP contribution in [0.3, 0.4) is 0 Å². The molecule has 0 atom stereocenters. The molecule has 0 aromatic heterocycles. The Morgan fingerprint density at radius 1 is 0.920 bits per heavy atom. The molecular formula is C25H32. The summed E-state index contributed by atoms with van der Waals surface area (Å²) in [4.78, 5) is 0. The largest absolute Gasteiger partial charge is 0.0905 e. The van der Waals surface area contributed by atoms with E-state index in [1.165, 1.54) is 46.2 Å². The Morgan fingerprint density at radius 3 is 2.08 bits per heavy atom. The molecular weight excluding hydrogens is 300 g/mol. The van der Waals surface area contributed by atoms with Crippen LogP contribution in [-0.2, 0) is 17.3 Å². The molecule has 132 valence electrons. The standard InChI is InChI=1S/C25H32/c1-8-19-11-9-10-12-20(19)18(3)21-16-23-22(15-17(21)2)24(4,5)13-14-25(23,6)7/h9-12,15-16H,3,8,13-14H2,1-2,4-7H3. The first-order valence-electron chi connectivity index (χ1n) is 9.60. The average molecular weight is 333 g/mol. The maximum atomic E-state index is 4.50. The molecule has 0 aliphatic heterocycles. The van der Waals surface area contributed by atoms with Crippen LogP contribution in [0.4, 0.5) is 0 Å². The van der Waals surface area contributed by atoms with Gasteiger partial charge in [-0.05, 0) is 76.0 Å². The van der Waals surface area contributed by atoms with Crippen molar-refractivity contribution in [2.45, 2.75) is 71.6 Å². The highest BCUT2D eigenvalue weighted by atomic mass is 14.4. The van der Waals surface area contributed by atoms with Gasteiger partial charge in [-0.25, -0.2) is 0 Å². The van der Waals surface area contributed by atoms with Gasteiger partial charge in [0.05, 0.1) is 0 Å². The van der Waals surface area contributed by atoms with E-state index in [1.54, 1.807) is 0 Å². The van der Waals surface area contributed by atoms with Crippen LogP contribution in [0, 0.1) is 6.92 Å². The van der Waals surface area contributed by atoms with Crippen molar-refractivity contribution >= 4 is 5.57 Å². The smallest absolute Gasteiger partial charge is 0.0100 e. The minimum Gasteiger partial charge on any atom is -0.0905 e. The third-order valence-corrected chi connectivity index (χ3v) is 6.25. The Bertz CT molecular complexity index is 818. The zero-order valence-corrected chi connectivity index (χ0v) is 16.8. The lowest BCUT2D eigenvalue weighted by Crippen LogP contribution is -2.34. The van der Waals surface area contributed by atoms with E-state index < -0.39 is 0 Å². The molecule has 0 bridgehead atoms. The van der Waals surface area contributed by atoms with Crippen LogP contribution in [0.5, 0.6) is 0 Å². The molecule has 0 N–H and O–H groups in total. The van der Waals surface area contributed by atoms with Gasteiger partial charge in [-0.1, -0.05) is 77.6 Å². The lowest BCUT2D eigenvalue weighted by atomic mass is 9.62. The molecule has 25 heavy (non-hydrogen) atoms. The first kappa shape index (κ1) is 18.0. The molecule has 0 nitrogen and oxygen atoms in total. The van der Waals surface area contributed by atoms with Crippen LogP contribution >= 0.6 is 0 Å². The first-order valence-corrected chi connectivity index (χ1v) is 9.60. The minimum atomic E-state index is 0.234. The van der Waals surface area contributed by atoms with Crippen molar-refractivity contribution in [3.8, 4) is 0 Å². The fourth-order valence-corrected chi connectivity index (χ4v) is 4.32. The number of hydrogen-bond acceptors (Lipinski definition) is 0. The van der Waals surface area contributed by atoms with E-state index in [0.717, 1.165) is 12.0 Å². The van der Waals surface area contributed by atoms with E-state index in [4.69, 9.17) is 0 Å². The van der Waals surface area contributed by atoms with E-state index in [9.17, 15) is 0 Å². The van der Waals surface area contributed by atoms with Crippen LogP contribution in [0.2, 0.25) is 0 Å². The van der Waals surface area contributed by atoms with Gasteiger partial charge < -0.3 is 0 Å². The first-order chi connectivity index (χ1) is 11.7. The molecule has 0 saturated carbocycles. The number of hydrogen-bond donors (Lipinski definition) is 0. The quantitative estimate of drug-likeness (QED) is 0.569. The van der Waals surface area contributed by atoms with Crippen molar-refractivity contribution < 1.29 is 0 Å². The van der Waals surface area contributed by atoms with E-state index in [1.807, 2.05) is 0 Å². The molecule has 2 aromatic carbocycles. The number of fused-ring (bicyclic) bond motifs is 1. The second-order valence-electron chi connectivity index (χ2n) is 8.97. The number of benzene rings is 2. The van der Waals surface area contributed by atoms with Crippen LogP contribution < -0.4 is 0 Å². The highest BCUT2D eigenvalue weighted by Gasteiger charge is 2.37. The van der Waals surface area contributed by atoms with Crippen molar-refractivity contribution in [1.82, 2.24) is 0 Å². The molecule has 2 aromatic rings. The third kappa shape index (κ3) is 3.08. The van der Waals surface area contributed by atoms with Crippen LogP contribution in [-0.4, -0.2) is 0 Å². The van der Waals surface area contributed by atoms with Gasteiger partial charge in [0.25, 0.3) is 0 Å². The molecule has 0 amide bonds. The molecule has 0 unspecified atom stereocenters. The summed E-state index contributed by atoms with van der Waals surface area (Å²) >= 11 is 0. The van der Waals surface area contributed by atoms with Gasteiger partial charge in [0.15, 0.2) is 0 Å². The lowest BCUT2D eigenvalue weighted by Gasteiger charge is -2.42. The normalized spacial score (nSPS) is 17.8. The summed E-state index contributed by atoms with van der Waals surface area (Å²) in [6.45, 7) is 18.5. The highest BCUT2D eigenvalue weighted by molar-refractivity contribution is 5.82. The Balaban J connectivity index is 2.18. The van der Waals surface area contributed by atoms with Crippen LogP contribution in [0.1, 0.15) is 80.8 Å². The van der Waals surface area contributed by atoms with E-state index in [-0.39, 0.29) is 10.8 Å². The molecule has 0 fully saturated rings. The molecule has 0 heteroatoms. The van der Waals surface area contributed by atoms with Gasteiger partial charge in [0.1, 0.15) is 0 Å². The lowest BCUT2D eigenvalue weighted by molar-refractivity contribution is 0.331. The Labute approximate surface area is 154 Å². The zero-order valence-electron chi connectivity index (χ0n) is 16.8. The predicted octanol–water partition coefficient (Wildman–Crippen LogP) is 6.97. The summed E-state index contributed by atoms with van der Waals surface area (Å²) in [5.74, 6) is 0. The van der Waals surface area contributed by atoms with Crippen molar-refractivity contribution in [2.24, 2.45) is 0 Å². The van der Waals surface area contributed by atoms with Gasteiger partial charge in [0.2, 0.25) is 0 Å². The average Bonchev–Trinajstić information content (AvgIpc) is 2.58. The maximum absolute atomic E-state index is 4.50. The fraction of sp³-hybridized carbons (Fsp3) is 0.440. The summed E-state index contributed by atoms with van der Waals surface area (Å²) < 4.78 is 0. The number of rotatable bonds is 3. The van der Waals surface area contributed by atoms with Crippen molar-refractivity contribution in [1.29, 1.82) is 0 Å². The van der Waals surface area contributed by atoms with E-state index >= 15 is 0 Å². The van der Waals surface area contributed by atoms with Crippen molar-refractivity contribution in [3.05, 3.63) is 76.4 Å². The predicted molar refractivity (Wildman–Crippen MR) is 110 cm³/mol. The summed E-state index contributed by atoms with van der Waals surface area (Å²) in [7, 11) is 0. The van der Waals surface area contributed by atoms with Crippen LogP contribution in [0.15, 0.2) is 43.0 Å². The van der Waals surface area contributed by atoms with Crippen molar-refractivity contribution in [3.63, 3.8) is 0 Å².